The summed E-state index contributed by atoms with van der Waals surface area (Å²) in [5, 5.41) is 3.53. The second-order valence-corrected chi connectivity index (χ2v) is 4.03. The fourth-order valence-electron chi connectivity index (χ4n) is 2.07. The van der Waals surface area contributed by atoms with Crippen LogP contribution >= 0.6 is 0 Å². The number of hydrogen-bond donors (Lipinski definition) is 1. The standard InChI is InChI=1S/C12H18N2O/c1-3-4-10-7-11-9(8-13-10)5-6-12(14-11)15-2/h5-6,10,13H,3-4,7-8H2,1-2H3. The van der Waals surface area contributed by atoms with Gasteiger partial charge in [0, 0.05) is 25.1 Å². The summed E-state index contributed by atoms with van der Waals surface area (Å²) in [7, 11) is 1.67. The van der Waals surface area contributed by atoms with E-state index in [4.69, 9.17) is 4.74 Å². The van der Waals surface area contributed by atoms with Crippen molar-refractivity contribution in [3.63, 3.8) is 0 Å². The summed E-state index contributed by atoms with van der Waals surface area (Å²) in [6, 6.07) is 4.62. The summed E-state index contributed by atoms with van der Waals surface area (Å²) < 4.78 is 5.14. The van der Waals surface area contributed by atoms with Gasteiger partial charge in [0.25, 0.3) is 0 Å². The molecule has 0 bridgehead atoms. The van der Waals surface area contributed by atoms with Crippen molar-refractivity contribution in [3.05, 3.63) is 23.4 Å². The maximum atomic E-state index is 5.14. The quantitative estimate of drug-likeness (QED) is 0.820. The molecule has 0 radical (unpaired) electrons. The van der Waals surface area contributed by atoms with Gasteiger partial charge in [-0.3, -0.25) is 0 Å². The zero-order valence-electron chi connectivity index (χ0n) is 9.42. The number of pyridine rings is 1. The molecule has 3 nitrogen and oxygen atoms in total. The van der Waals surface area contributed by atoms with Gasteiger partial charge in [-0.05, 0) is 12.0 Å². The zero-order valence-corrected chi connectivity index (χ0v) is 9.42. The Morgan fingerprint density at radius 3 is 3.13 bits per heavy atom. The Hall–Kier alpha value is -1.09. The summed E-state index contributed by atoms with van der Waals surface area (Å²) >= 11 is 0. The molecule has 1 aromatic heterocycles. The number of methoxy groups -OCH3 is 1. The second-order valence-electron chi connectivity index (χ2n) is 4.03. The predicted molar refractivity (Wildman–Crippen MR) is 60.0 cm³/mol. The highest BCUT2D eigenvalue weighted by atomic mass is 16.5. The van der Waals surface area contributed by atoms with Crippen molar-refractivity contribution in [1.82, 2.24) is 10.3 Å². The number of aromatic nitrogens is 1. The lowest BCUT2D eigenvalue weighted by atomic mass is 9.98. The van der Waals surface area contributed by atoms with Crippen LogP contribution < -0.4 is 10.1 Å². The molecular weight excluding hydrogens is 188 g/mol. The van der Waals surface area contributed by atoms with E-state index in [1.165, 1.54) is 24.1 Å². The van der Waals surface area contributed by atoms with Crippen molar-refractivity contribution in [2.75, 3.05) is 7.11 Å². The van der Waals surface area contributed by atoms with Crippen LogP contribution in [-0.4, -0.2) is 18.1 Å². The molecule has 1 unspecified atom stereocenters. The molecule has 0 aromatic carbocycles. The molecule has 1 atom stereocenters. The molecule has 2 rings (SSSR count). The van der Waals surface area contributed by atoms with Crippen molar-refractivity contribution in [1.29, 1.82) is 0 Å². The lowest BCUT2D eigenvalue weighted by Crippen LogP contribution is -2.35. The van der Waals surface area contributed by atoms with Crippen LogP contribution in [0.2, 0.25) is 0 Å². The molecule has 3 heteroatoms. The van der Waals surface area contributed by atoms with E-state index in [9.17, 15) is 0 Å². The fourth-order valence-corrected chi connectivity index (χ4v) is 2.07. The Bertz CT molecular complexity index is 338. The third-order valence-electron chi connectivity index (χ3n) is 2.91. The third kappa shape index (κ3) is 2.29. The highest BCUT2D eigenvalue weighted by Gasteiger charge is 2.18. The van der Waals surface area contributed by atoms with Crippen LogP contribution in [0.15, 0.2) is 12.1 Å². The summed E-state index contributed by atoms with van der Waals surface area (Å²) in [5.41, 5.74) is 2.51. The molecular formula is C12H18N2O. The molecule has 1 aliphatic heterocycles. The Labute approximate surface area is 90.9 Å². The number of hydrogen-bond acceptors (Lipinski definition) is 3. The van der Waals surface area contributed by atoms with Gasteiger partial charge >= 0.3 is 0 Å². The molecule has 0 amide bonds. The lowest BCUT2D eigenvalue weighted by molar-refractivity contribution is 0.388. The van der Waals surface area contributed by atoms with E-state index in [-0.39, 0.29) is 0 Å². The van der Waals surface area contributed by atoms with Gasteiger partial charge in [-0.1, -0.05) is 19.4 Å². The van der Waals surface area contributed by atoms with Crippen LogP contribution in [0.4, 0.5) is 0 Å². The van der Waals surface area contributed by atoms with Crippen LogP contribution in [0, 0.1) is 0 Å². The maximum absolute atomic E-state index is 5.14. The van der Waals surface area contributed by atoms with E-state index in [1.807, 2.05) is 6.07 Å². The van der Waals surface area contributed by atoms with Crippen LogP contribution in [0.5, 0.6) is 5.88 Å². The lowest BCUT2D eigenvalue weighted by Gasteiger charge is -2.25. The first-order valence-corrected chi connectivity index (χ1v) is 5.59. The molecule has 1 N–H and O–H groups in total. The van der Waals surface area contributed by atoms with Crippen molar-refractivity contribution < 1.29 is 4.74 Å². The normalized spacial score (nSPS) is 19.7. The zero-order chi connectivity index (χ0) is 10.7. The first-order chi connectivity index (χ1) is 7.33. The fraction of sp³-hybridized carbons (Fsp3) is 0.583. The summed E-state index contributed by atoms with van der Waals surface area (Å²) in [6.45, 7) is 3.16. The second kappa shape index (κ2) is 4.62. The topological polar surface area (TPSA) is 34.1 Å². The molecule has 15 heavy (non-hydrogen) atoms. The van der Waals surface area contributed by atoms with Crippen molar-refractivity contribution in [2.45, 2.75) is 38.8 Å². The van der Waals surface area contributed by atoms with Gasteiger partial charge in [0.15, 0.2) is 0 Å². The Kier molecular flexibility index (Phi) is 3.21. The molecule has 82 valence electrons. The van der Waals surface area contributed by atoms with E-state index in [2.05, 4.69) is 23.3 Å². The molecule has 0 fully saturated rings. The Morgan fingerprint density at radius 2 is 2.40 bits per heavy atom. The van der Waals surface area contributed by atoms with Crippen molar-refractivity contribution >= 4 is 0 Å². The summed E-state index contributed by atoms with van der Waals surface area (Å²) in [4.78, 5) is 4.50. The van der Waals surface area contributed by atoms with Crippen LogP contribution in [-0.2, 0) is 13.0 Å². The van der Waals surface area contributed by atoms with Gasteiger partial charge in [0.1, 0.15) is 0 Å². The number of rotatable bonds is 3. The molecule has 0 saturated heterocycles. The van der Waals surface area contributed by atoms with Crippen molar-refractivity contribution in [3.8, 4) is 5.88 Å². The molecule has 0 aliphatic carbocycles. The van der Waals surface area contributed by atoms with E-state index in [1.54, 1.807) is 7.11 Å². The molecule has 0 spiro atoms. The average Bonchev–Trinajstić information content (AvgIpc) is 2.28. The number of fused-ring (bicyclic) bond motifs is 1. The number of nitrogens with zero attached hydrogens (tertiary/aromatic N) is 1. The smallest absolute Gasteiger partial charge is 0.213 e. The summed E-state index contributed by atoms with van der Waals surface area (Å²) in [6.07, 6.45) is 3.47. The minimum Gasteiger partial charge on any atom is -0.481 e. The molecule has 1 aliphatic rings. The van der Waals surface area contributed by atoms with E-state index >= 15 is 0 Å². The summed E-state index contributed by atoms with van der Waals surface area (Å²) in [5.74, 6) is 0.728. The average molecular weight is 206 g/mol. The van der Waals surface area contributed by atoms with Gasteiger partial charge in [0.05, 0.1) is 12.8 Å². The SMILES string of the molecule is CCCC1Cc2nc(OC)ccc2CN1. The Morgan fingerprint density at radius 1 is 1.53 bits per heavy atom. The number of nitrogens with one attached hydrogen (secondary N) is 1. The predicted octanol–water partition coefficient (Wildman–Crippen LogP) is 1.90. The van der Waals surface area contributed by atoms with E-state index in [0.29, 0.717) is 6.04 Å². The molecule has 1 aromatic rings. The first-order valence-electron chi connectivity index (χ1n) is 5.59. The minimum absolute atomic E-state index is 0.585. The van der Waals surface area contributed by atoms with Gasteiger partial charge in [-0.15, -0.1) is 0 Å². The maximum Gasteiger partial charge on any atom is 0.213 e. The van der Waals surface area contributed by atoms with Crippen molar-refractivity contribution in [2.24, 2.45) is 0 Å². The van der Waals surface area contributed by atoms with Gasteiger partial charge < -0.3 is 10.1 Å². The van der Waals surface area contributed by atoms with Gasteiger partial charge in [0.2, 0.25) is 5.88 Å². The monoisotopic (exact) mass is 206 g/mol. The van der Waals surface area contributed by atoms with Crippen LogP contribution in [0.1, 0.15) is 31.0 Å². The highest BCUT2D eigenvalue weighted by molar-refractivity contribution is 5.28. The van der Waals surface area contributed by atoms with E-state index in [0.717, 1.165) is 18.8 Å². The minimum atomic E-state index is 0.585. The van der Waals surface area contributed by atoms with E-state index < -0.39 is 0 Å². The van der Waals surface area contributed by atoms with Crippen LogP contribution in [0.25, 0.3) is 0 Å². The number of ether oxygens (including phenoxy) is 1. The molecule has 0 saturated carbocycles. The van der Waals surface area contributed by atoms with Crippen LogP contribution in [0.3, 0.4) is 0 Å². The third-order valence-corrected chi connectivity index (χ3v) is 2.91. The Balaban J connectivity index is 2.16. The molecule has 2 heterocycles. The first kappa shape index (κ1) is 10.4. The van der Waals surface area contributed by atoms with Gasteiger partial charge in [-0.25, -0.2) is 4.98 Å². The highest BCUT2D eigenvalue weighted by Crippen LogP contribution is 2.19. The van der Waals surface area contributed by atoms with Gasteiger partial charge in [-0.2, -0.15) is 0 Å². The largest absolute Gasteiger partial charge is 0.481 e.